The van der Waals surface area contributed by atoms with Gasteiger partial charge in [-0.25, -0.2) is 4.98 Å². The molecular formula is C17H18N2O3. The number of nitrogens with zero attached hydrogens (tertiary/aromatic N) is 1. The highest BCUT2D eigenvalue weighted by Gasteiger charge is 2.04. The first-order chi connectivity index (χ1) is 10.6. The van der Waals surface area contributed by atoms with Crippen LogP contribution in [0.1, 0.15) is 30.3 Å². The topological polar surface area (TPSA) is 72.1 Å². The molecule has 0 amide bonds. The number of ketones is 1. The van der Waals surface area contributed by atoms with E-state index in [-0.39, 0.29) is 18.8 Å². The van der Waals surface area contributed by atoms with Crippen molar-refractivity contribution in [1.29, 1.82) is 0 Å². The minimum Gasteiger partial charge on any atom is -0.461 e. The van der Waals surface area contributed by atoms with Gasteiger partial charge in [0.2, 0.25) is 0 Å². The fourth-order valence-electron chi connectivity index (χ4n) is 1.91. The lowest BCUT2D eigenvalue weighted by Gasteiger charge is -2.01. The number of hydrogen-bond acceptors (Lipinski definition) is 4. The van der Waals surface area contributed by atoms with E-state index in [1.165, 1.54) is 12.5 Å². The van der Waals surface area contributed by atoms with E-state index in [4.69, 9.17) is 4.74 Å². The molecule has 0 unspecified atom stereocenters. The zero-order chi connectivity index (χ0) is 15.8. The van der Waals surface area contributed by atoms with Gasteiger partial charge in [-0.15, -0.1) is 0 Å². The quantitative estimate of drug-likeness (QED) is 0.630. The van der Waals surface area contributed by atoms with Crippen LogP contribution in [-0.2, 0) is 20.7 Å². The van der Waals surface area contributed by atoms with Crippen molar-refractivity contribution < 1.29 is 14.3 Å². The Morgan fingerprint density at radius 2 is 2.05 bits per heavy atom. The molecule has 2 rings (SSSR count). The molecule has 5 nitrogen and oxygen atoms in total. The van der Waals surface area contributed by atoms with Gasteiger partial charge in [0.1, 0.15) is 24.6 Å². The molecule has 114 valence electrons. The van der Waals surface area contributed by atoms with Crippen LogP contribution in [0.5, 0.6) is 0 Å². The second-order valence-corrected chi connectivity index (χ2v) is 4.92. The third-order valence-corrected chi connectivity index (χ3v) is 2.95. The normalized spacial score (nSPS) is 10.8. The predicted molar refractivity (Wildman–Crippen MR) is 83.1 cm³/mol. The minimum atomic E-state index is -0.494. The van der Waals surface area contributed by atoms with E-state index >= 15 is 0 Å². The van der Waals surface area contributed by atoms with E-state index in [1.807, 2.05) is 30.3 Å². The van der Waals surface area contributed by atoms with E-state index in [0.29, 0.717) is 0 Å². The Bertz CT molecular complexity index is 643. The van der Waals surface area contributed by atoms with Crippen LogP contribution in [0.25, 0.3) is 6.08 Å². The molecule has 0 saturated heterocycles. The number of ether oxygens (including phenoxy) is 1. The number of carbonyl (C=O) groups is 2. The lowest BCUT2D eigenvalue weighted by molar-refractivity contribution is -0.144. The number of H-pyrrole nitrogens is 1. The van der Waals surface area contributed by atoms with Crippen LogP contribution >= 0.6 is 0 Å². The number of esters is 1. The summed E-state index contributed by atoms with van der Waals surface area (Å²) in [7, 11) is 0. The van der Waals surface area contributed by atoms with Crippen LogP contribution in [0.15, 0.2) is 42.7 Å². The third kappa shape index (κ3) is 5.36. The van der Waals surface area contributed by atoms with Crippen LogP contribution in [0.2, 0.25) is 0 Å². The van der Waals surface area contributed by atoms with Crippen LogP contribution in [0.4, 0.5) is 0 Å². The Hall–Kier alpha value is -2.69. The highest BCUT2D eigenvalue weighted by molar-refractivity contribution is 5.94. The van der Waals surface area contributed by atoms with Gasteiger partial charge in [0, 0.05) is 18.8 Å². The molecule has 0 atom stereocenters. The molecule has 0 bridgehead atoms. The molecule has 0 radical (unpaired) electrons. The number of nitrogens with one attached hydrogen (secondary N) is 1. The molecule has 0 aliphatic carbocycles. The SMILES string of the molecule is CC(=O)CC(=O)OC/C=C/c1ccc(Cc2ncc[nH]2)cc1. The first kappa shape index (κ1) is 15.7. The van der Waals surface area contributed by atoms with Crippen molar-refractivity contribution in [1.82, 2.24) is 9.97 Å². The van der Waals surface area contributed by atoms with Crippen molar-refractivity contribution >= 4 is 17.8 Å². The Morgan fingerprint density at radius 3 is 2.68 bits per heavy atom. The standard InChI is InChI=1S/C17H18N2O3/c1-13(20)11-17(21)22-10-2-3-14-4-6-15(7-5-14)12-16-18-8-9-19-16/h2-9H,10-12H2,1H3,(H,18,19)/b3-2+. The summed E-state index contributed by atoms with van der Waals surface area (Å²) in [5.74, 6) is 0.243. The summed E-state index contributed by atoms with van der Waals surface area (Å²) in [4.78, 5) is 29.2. The number of Topliss-reactive ketones (excluding diaryl/α,β-unsaturated/α-hetero) is 1. The van der Waals surface area contributed by atoms with E-state index in [2.05, 4.69) is 9.97 Å². The van der Waals surface area contributed by atoms with E-state index < -0.39 is 5.97 Å². The molecule has 22 heavy (non-hydrogen) atoms. The number of carbonyl (C=O) groups excluding carboxylic acids is 2. The molecule has 0 aliphatic heterocycles. The van der Waals surface area contributed by atoms with Gasteiger partial charge in [-0.1, -0.05) is 30.3 Å². The molecule has 1 aromatic heterocycles. The van der Waals surface area contributed by atoms with Gasteiger partial charge in [-0.3, -0.25) is 9.59 Å². The maximum Gasteiger partial charge on any atom is 0.313 e. The lowest BCUT2D eigenvalue weighted by Crippen LogP contribution is -2.08. The summed E-state index contributed by atoms with van der Waals surface area (Å²) in [5, 5.41) is 0. The van der Waals surface area contributed by atoms with Crippen molar-refractivity contribution in [2.75, 3.05) is 6.61 Å². The summed E-state index contributed by atoms with van der Waals surface area (Å²) in [6.45, 7) is 1.53. The summed E-state index contributed by atoms with van der Waals surface area (Å²) >= 11 is 0. The maximum atomic E-state index is 11.2. The Kier molecular flexibility index (Phi) is 5.65. The van der Waals surface area contributed by atoms with Crippen molar-refractivity contribution in [3.63, 3.8) is 0 Å². The molecule has 1 heterocycles. The Morgan fingerprint density at radius 1 is 1.27 bits per heavy atom. The molecule has 0 fully saturated rings. The lowest BCUT2D eigenvalue weighted by atomic mass is 10.1. The van der Waals surface area contributed by atoms with E-state index in [1.54, 1.807) is 18.5 Å². The Balaban J connectivity index is 1.79. The number of hydrogen-bond donors (Lipinski definition) is 1. The average molecular weight is 298 g/mol. The van der Waals surface area contributed by atoms with E-state index in [0.717, 1.165) is 17.8 Å². The van der Waals surface area contributed by atoms with Crippen molar-refractivity contribution in [2.45, 2.75) is 19.8 Å². The summed E-state index contributed by atoms with van der Waals surface area (Å²) in [5.41, 5.74) is 2.19. The van der Waals surface area contributed by atoms with Gasteiger partial charge in [0.15, 0.2) is 0 Å². The molecule has 1 aromatic carbocycles. The highest BCUT2D eigenvalue weighted by atomic mass is 16.5. The van der Waals surface area contributed by atoms with Gasteiger partial charge in [-0.05, 0) is 24.1 Å². The van der Waals surface area contributed by atoms with Crippen LogP contribution in [-0.4, -0.2) is 28.3 Å². The zero-order valence-electron chi connectivity index (χ0n) is 12.4. The fraction of sp³-hybridized carbons (Fsp3) is 0.235. The van der Waals surface area contributed by atoms with Gasteiger partial charge in [-0.2, -0.15) is 0 Å². The molecule has 0 aliphatic rings. The summed E-state index contributed by atoms with van der Waals surface area (Å²) < 4.78 is 4.91. The fourth-order valence-corrected chi connectivity index (χ4v) is 1.91. The van der Waals surface area contributed by atoms with Crippen molar-refractivity contribution in [2.24, 2.45) is 0 Å². The zero-order valence-corrected chi connectivity index (χ0v) is 12.4. The number of rotatable bonds is 7. The first-order valence-corrected chi connectivity index (χ1v) is 7.02. The van der Waals surface area contributed by atoms with E-state index in [9.17, 15) is 9.59 Å². The molecule has 2 aromatic rings. The van der Waals surface area contributed by atoms with Gasteiger partial charge in [0.25, 0.3) is 0 Å². The smallest absolute Gasteiger partial charge is 0.313 e. The first-order valence-electron chi connectivity index (χ1n) is 7.02. The second-order valence-electron chi connectivity index (χ2n) is 4.92. The number of aromatic nitrogens is 2. The summed E-state index contributed by atoms with van der Waals surface area (Å²) in [6.07, 6.45) is 7.76. The maximum absolute atomic E-state index is 11.2. The van der Waals surface area contributed by atoms with Crippen molar-refractivity contribution in [3.8, 4) is 0 Å². The number of aromatic amines is 1. The van der Waals surface area contributed by atoms with Crippen LogP contribution in [0, 0.1) is 0 Å². The second kappa shape index (κ2) is 7.93. The van der Waals surface area contributed by atoms with Crippen LogP contribution < -0.4 is 0 Å². The monoisotopic (exact) mass is 298 g/mol. The Labute approximate surface area is 129 Å². The highest BCUT2D eigenvalue weighted by Crippen LogP contribution is 2.09. The molecule has 5 heteroatoms. The van der Waals surface area contributed by atoms with Crippen molar-refractivity contribution in [3.05, 3.63) is 59.7 Å². The van der Waals surface area contributed by atoms with Gasteiger partial charge >= 0.3 is 5.97 Å². The van der Waals surface area contributed by atoms with Gasteiger partial charge < -0.3 is 9.72 Å². The molecule has 1 N–H and O–H groups in total. The molecular weight excluding hydrogens is 280 g/mol. The third-order valence-electron chi connectivity index (χ3n) is 2.95. The average Bonchev–Trinajstić information content (AvgIpc) is 2.97. The largest absolute Gasteiger partial charge is 0.461 e. The summed E-state index contributed by atoms with van der Waals surface area (Å²) in [6, 6.07) is 8.05. The minimum absolute atomic E-state index is 0.167. The molecule has 0 spiro atoms. The van der Waals surface area contributed by atoms with Gasteiger partial charge in [0.05, 0.1) is 0 Å². The number of benzene rings is 1. The number of imidazole rings is 1. The van der Waals surface area contributed by atoms with Crippen LogP contribution in [0.3, 0.4) is 0 Å². The molecule has 0 saturated carbocycles. The predicted octanol–water partition coefficient (Wildman–Crippen LogP) is 2.54.